The minimum atomic E-state index is 0.697. The van der Waals surface area contributed by atoms with Crippen LogP contribution in [0.15, 0.2) is 0 Å². The van der Waals surface area contributed by atoms with Gasteiger partial charge in [-0.1, -0.05) is 27.7 Å². The molecule has 2 saturated heterocycles. The maximum Gasteiger partial charge on any atom is 0.0115 e. The number of rotatable bonds is 6. The average Bonchev–Trinajstić information content (AvgIpc) is 2.96. The van der Waals surface area contributed by atoms with Gasteiger partial charge in [0.25, 0.3) is 0 Å². The molecule has 2 nitrogen and oxygen atoms in total. The summed E-state index contributed by atoms with van der Waals surface area (Å²) < 4.78 is 0. The van der Waals surface area contributed by atoms with Gasteiger partial charge in [-0.2, -0.15) is 0 Å². The molecule has 0 bridgehead atoms. The molecule has 2 heterocycles. The molecule has 4 atom stereocenters. The molecule has 23 heavy (non-hydrogen) atoms. The first-order valence-corrected chi connectivity index (χ1v) is 10.3. The van der Waals surface area contributed by atoms with E-state index in [-0.39, 0.29) is 0 Å². The summed E-state index contributed by atoms with van der Waals surface area (Å²) in [7, 11) is 0. The Labute approximate surface area is 146 Å². The quantitative estimate of drug-likeness (QED) is 0.687. The van der Waals surface area contributed by atoms with E-state index in [4.69, 9.17) is 0 Å². The highest BCUT2D eigenvalue weighted by atomic mass is 15.2. The molecule has 0 N–H and O–H groups in total. The first kappa shape index (κ1) is 19.2. The lowest BCUT2D eigenvalue weighted by Crippen LogP contribution is -2.49. The van der Waals surface area contributed by atoms with Gasteiger partial charge in [0.1, 0.15) is 0 Å². The van der Waals surface area contributed by atoms with E-state index in [9.17, 15) is 0 Å². The normalized spacial score (nSPS) is 32.3. The molecule has 0 aromatic heterocycles. The van der Waals surface area contributed by atoms with Crippen molar-refractivity contribution in [1.29, 1.82) is 0 Å². The Morgan fingerprint density at radius 2 is 1.43 bits per heavy atom. The second kappa shape index (κ2) is 8.34. The number of likely N-dealkylation sites (tertiary alicyclic amines) is 2. The lowest BCUT2D eigenvalue weighted by Gasteiger charge is -2.45. The van der Waals surface area contributed by atoms with Crippen LogP contribution in [0.5, 0.6) is 0 Å². The van der Waals surface area contributed by atoms with Gasteiger partial charge in [0, 0.05) is 24.7 Å². The molecule has 0 amide bonds. The third-order valence-corrected chi connectivity index (χ3v) is 6.84. The molecule has 0 spiro atoms. The van der Waals surface area contributed by atoms with Crippen LogP contribution in [0.4, 0.5) is 0 Å². The van der Waals surface area contributed by atoms with Crippen LogP contribution in [0.1, 0.15) is 74.1 Å². The van der Waals surface area contributed by atoms with Crippen molar-refractivity contribution < 1.29 is 0 Å². The van der Waals surface area contributed by atoms with E-state index >= 15 is 0 Å². The van der Waals surface area contributed by atoms with Crippen LogP contribution in [0.2, 0.25) is 0 Å². The predicted molar refractivity (Wildman–Crippen MR) is 102 cm³/mol. The second-order valence-electron chi connectivity index (χ2n) is 9.39. The van der Waals surface area contributed by atoms with E-state index in [2.05, 4.69) is 58.3 Å². The molecule has 0 aromatic carbocycles. The maximum atomic E-state index is 2.80. The van der Waals surface area contributed by atoms with Crippen LogP contribution in [0.25, 0.3) is 0 Å². The SMILES string of the molecule is CC(C)C1CCN(C(C)C)C(CC(C)N2CC[C@@H](C(C)C)C2)C1. The lowest BCUT2D eigenvalue weighted by molar-refractivity contribution is 0.0455. The van der Waals surface area contributed by atoms with Crippen molar-refractivity contribution in [2.75, 3.05) is 19.6 Å². The maximum absolute atomic E-state index is 2.80. The average molecular weight is 323 g/mol. The summed E-state index contributed by atoms with van der Waals surface area (Å²) in [5.74, 6) is 3.55. The van der Waals surface area contributed by atoms with Crippen molar-refractivity contribution in [3.05, 3.63) is 0 Å². The van der Waals surface area contributed by atoms with Gasteiger partial charge in [0.2, 0.25) is 0 Å². The fraction of sp³-hybridized carbons (Fsp3) is 1.00. The van der Waals surface area contributed by atoms with Gasteiger partial charge in [-0.25, -0.2) is 0 Å². The number of piperidine rings is 1. The van der Waals surface area contributed by atoms with Crippen LogP contribution in [-0.2, 0) is 0 Å². The van der Waals surface area contributed by atoms with Gasteiger partial charge < -0.3 is 4.90 Å². The fourth-order valence-electron chi connectivity index (χ4n) is 4.92. The van der Waals surface area contributed by atoms with E-state index in [1.807, 2.05) is 0 Å². The highest BCUT2D eigenvalue weighted by molar-refractivity contribution is 4.89. The summed E-state index contributed by atoms with van der Waals surface area (Å²) in [5.41, 5.74) is 0. The van der Waals surface area contributed by atoms with Crippen LogP contribution in [-0.4, -0.2) is 47.6 Å². The fourth-order valence-corrected chi connectivity index (χ4v) is 4.92. The van der Waals surface area contributed by atoms with Crippen molar-refractivity contribution in [1.82, 2.24) is 9.80 Å². The van der Waals surface area contributed by atoms with Crippen molar-refractivity contribution >= 4 is 0 Å². The van der Waals surface area contributed by atoms with Crippen molar-refractivity contribution in [3.8, 4) is 0 Å². The third kappa shape index (κ3) is 4.95. The van der Waals surface area contributed by atoms with E-state index in [0.29, 0.717) is 6.04 Å². The van der Waals surface area contributed by atoms with Gasteiger partial charge in [0.15, 0.2) is 0 Å². The molecule has 0 aliphatic carbocycles. The Morgan fingerprint density at radius 3 is 1.96 bits per heavy atom. The Kier molecular flexibility index (Phi) is 6.98. The first-order chi connectivity index (χ1) is 10.8. The minimum absolute atomic E-state index is 0.697. The topological polar surface area (TPSA) is 6.48 Å². The zero-order valence-corrected chi connectivity index (χ0v) is 16.9. The smallest absolute Gasteiger partial charge is 0.0115 e. The molecule has 2 aliphatic heterocycles. The van der Waals surface area contributed by atoms with Crippen molar-refractivity contribution in [3.63, 3.8) is 0 Å². The summed E-state index contributed by atoms with van der Waals surface area (Å²) in [5, 5.41) is 0. The van der Waals surface area contributed by atoms with Gasteiger partial charge in [-0.05, 0) is 83.2 Å². The Bertz CT molecular complexity index is 350. The van der Waals surface area contributed by atoms with Crippen molar-refractivity contribution in [2.45, 2.75) is 92.3 Å². The van der Waals surface area contributed by atoms with Gasteiger partial charge in [0.05, 0.1) is 0 Å². The Balaban J connectivity index is 1.94. The Hall–Kier alpha value is -0.0800. The van der Waals surface area contributed by atoms with Crippen LogP contribution in [0.3, 0.4) is 0 Å². The largest absolute Gasteiger partial charge is 0.300 e. The molecule has 2 rings (SSSR count). The minimum Gasteiger partial charge on any atom is -0.300 e. The third-order valence-electron chi connectivity index (χ3n) is 6.84. The van der Waals surface area contributed by atoms with E-state index in [1.165, 1.54) is 45.3 Å². The van der Waals surface area contributed by atoms with Crippen LogP contribution < -0.4 is 0 Å². The molecule has 0 radical (unpaired) electrons. The molecule has 2 aliphatic rings. The van der Waals surface area contributed by atoms with Crippen LogP contribution >= 0.6 is 0 Å². The molecule has 0 saturated carbocycles. The number of hydrogen-bond donors (Lipinski definition) is 0. The predicted octanol–water partition coefficient (Wildman–Crippen LogP) is 4.89. The monoisotopic (exact) mass is 322 g/mol. The number of nitrogens with zero attached hydrogens (tertiary/aromatic N) is 2. The molecule has 3 unspecified atom stereocenters. The summed E-state index contributed by atoms with van der Waals surface area (Å²) >= 11 is 0. The molecular weight excluding hydrogens is 280 g/mol. The lowest BCUT2D eigenvalue weighted by atomic mass is 9.80. The summed E-state index contributed by atoms with van der Waals surface area (Å²) in [6.07, 6.45) is 5.60. The first-order valence-electron chi connectivity index (χ1n) is 10.3. The molecule has 136 valence electrons. The zero-order chi connectivity index (χ0) is 17.1. The second-order valence-corrected chi connectivity index (χ2v) is 9.39. The summed E-state index contributed by atoms with van der Waals surface area (Å²) in [6.45, 7) is 20.9. The Morgan fingerprint density at radius 1 is 0.826 bits per heavy atom. The molecule has 0 aromatic rings. The highest BCUT2D eigenvalue weighted by Crippen LogP contribution is 2.33. The van der Waals surface area contributed by atoms with Gasteiger partial charge in [-0.15, -0.1) is 0 Å². The molecular formula is C21H42N2. The van der Waals surface area contributed by atoms with Gasteiger partial charge >= 0.3 is 0 Å². The van der Waals surface area contributed by atoms with Gasteiger partial charge in [-0.3, -0.25) is 4.90 Å². The zero-order valence-electron chi connectivity index (χ0n) is 16.9. The molecule has 2 fully saturated rings. The standard InChI is InChI=1S/C21H42N2/c1-15(2)19-9-11-23(17(5)6)21(13-19)12-18(7)22-10-8-20(14-22)16(3)4/h15-21H,8-14H2,1-7H3/t18?,19?,20-,21?/m1/s1. The van der Waals surface area contributed by atoms with E-state index in [1.54, 1.807) is 0 Å². The van der Waals surface area contributed by atoms with E-state index < -0.39 is 0 Å². The summed E-state index contributed by atoms with van der Waals surface area (Å²) in [6, 6.07) is 2.24. The van der Waals surface area contributed by atoms with Crippen LogP contribution in [0, 0.1) is 23.7 Å². The van der Waals surface area contributed by atoms with Crippen molar-refractivity contribution in [2.24, 2.45) is 23.7 Å². The number of hydrogen-bond acceptors (Lipinski definition) is 2. The summed E-state index contributed by atoms with van der Waals surface area (Å²) in [4.78, 5) is 5.58. The highest BCUT2D eigenvalue weighted by Gasteiger charge is 2.34. The molecule has 2 heteroatoms. The van der Waals surface area contributed by atoms with E-state index in [0.717, 1.165) is 35.8 Å².